The van der Waals surface area contributed by atoms with Crippen molar-refractivity contribution < 1.29 is 18.3 Å². The minimum atomic E-state index is -0.682. The first-order chi connectivity index (χ1) is 16.1. The number of rotatable bonds is 5. The van der Waals surface area contributed by atoms with Gasteiger partial charge in [0.15, 0.2) is 0 Å². The second-order valence-corrected chi connectivity index (χ2v) is 7.48. The van der Waals surface area contributed by atoms with Crippen molar-refractivity contribution in [1.29, 1.82) is 0 Å². The van der Waals surface area contributed by atoms with Crippen molar-refractivity contribution in [1.82, 2.24) is 34.9 Å². The maximum atomic E-state index is 14.9. The summed E-state index contributed by atoms with van der Waals surface area (Å²) >= 11 is 0. The maximum absolute atomic E-state index is 14.9. The molecular weight excluding hydrogens is 432 g/mol. The highest BCUT2D eigenvalue weighted by atomic mass is 19.1. The first-order valence-electron chi connectivity index (χ1n) is 10.3. The molecule has 0 saturated carbocycles. The summed E-state index contributed by atoms with van der Waals surface area (Å²) in [5.74, 6) is -1.63. The van der Waals surface area contributed by atoms with Gasteiger partial charge >= 0.3 is 0 Å². The summed E-state index contributed by atoms with van der Waals surface area (Å²) in [6.45, 7) is 0.733. The number of morpholine rings is 1. The number of aromatic nitrogens is 6. The SMILES string of the molecule is O=C(c1c(F)cccc1-n1nccn1)N1CCOC[C@H]1Cc1cc(-n2nccn2)ccc1F. The number of carbonyl (C=O) groups is 1. The van der Waals surface area contributed by atoms with Crippen LogP contribution < -0.4 is 0 Å². The molecule has 0 spiro atoms. The number of halogens is 2. The molecule has 0 aliphatic carbocycles. The van der Waals surface area contributed by atoms with Gasteiger partial charge in [0, 0.05) is 6.54 Å². The zero-order valence-electron chi connectivity index (χ0n) is 17.4. The van der Waals surface area contributed by atoms with Crippen molar-refractivity contribution in [3.63, 3.8) is 0 Å². The van der Waals surface area contributed by atoms with E-state index in [0.29, 0.717) is 17.9 Å². The standard InChI is InChI=1S/C22H19F2N7O2/c23-18-5-4-16(30-25-6-7-26-30)12-15(18)13-17-14-33-11-10-29(17)22(32)21-19(24)2-1-3-20(21)31-27-8-9-28-31/h1-9,12,17H,10-11,13-14H2/t17-/m1/s1. The summed E-state index contributed by atoms with van der Waals surface area (Å²) in [6.07, 6.45) is 6.12. The van der Waals surface area contributed by atoms with Crippen LogP contribution in [0.3, 0.4) is 0 Å². The average Bonchev–Trinajstić information content (AvgIpc) is 3.55. The van der Waals surface area contributed by atoms with Crippen molar-refractivity contribution in [3.8, 4) is 11.4 Å². The lowest BCUT2D eigenvalue weighted by Crippen LogP contribution is -2.50. The van der Waals surface area contributed by atoms with E-state index in [0.717, 1.165) is 0 Å². The summed E-state index contributed by atoms with van der Waals surface area (Å²) < 4.78 is 35.1. The number of hydrogen-bond acceptors (Lipinski definition) is 6. The minimum Gasteiger partial charge on any atom is -0.377 e. The van der Waals surface area contributed by atoms with E-state index in [1.165, 1.54) is 57.5 Å². The van der Waals surface area contributed by atoms with E-state index >= 15 is 0 Å². The fraction of sp³-hybridized carbons (Fsp3) is 0.227. The smallest absolute Gasteiger partial charge is 0.259 e. The van der Waals surface area contributed by atoms with Gasteiger partial charge in [-0.2, -0.15) is 30.0 Å². The fourth-order valence-corrected chi connectivity index (χ4v) is 3.91. The zero-order valence-corrected chi connectivity index (χ0v) is 17.4. The van der Waals surface area contributed by atoms with Crippen molar-refractivity contribution in [2.45, 2.75) is 12.5 Å². The molecule has 1 aliphatic heterocycles. The molecule has 33 heavy (non-hydrogen) atoms. The van der Waals surface area contributed by atoms with Crippen LogP contribution in [0.4, 0.5) is 8.78 Å². The molecule has 0 unspecified atom stereocenters. The Kier molecular flexibility index (Phi) is 5.61. The van der Waals surface area contributed by atoms with Crippen LogP contribution in [-0.4, -0.2) is 66.6 Å². The molecule has 1 saturated heterocycles. The predicted molar refractivity (Wildman–Crippen MR) is 112 cm³/mol. The Morgan fingerprint density at radius 2 is 1.70 bits per heavy atom. The van der Waals surface area contributed by atoms with E-state index in [1.807, 2.05) is 0 Å². The third-order valence-corrected chi connectivity index (χ3v) is 5.46. The molecule has 0 N–H and O–H groups in total. The highest BCUT2D eigenvalue weighted by Gasteiger charge is 2.32. The molecule has 3 heterocycles. The van der Waals surface area contributed by atoms with E-state index in [9.17, 15) is 13.6 Å². The largest absolute Gasteiger partial charge is 0.377 e. The van der Waals surface area contributed by atoms with Gasteiger partial charge in [0.2, 0.25) is 0 Å². The van der Waals surface area contributed by atoms with E-state index in [4.69, 9.17) is 4.74 Å². The van der Waals surface area contributed by atoms with Crippen molar-refractivity contribution >= 4 is 5.91 Å². The molecule has 168 valence electrons. The number of ether oxygens (including phenoxy) is 1. The zero-order chi connectivity index (χ0) is 22.8. The summed E-state index contributed by atoms with van der Waals surface area (Å²) in [4.78, 5) is 17.6. The van der Waals surface area contributed by atoms with Crippen LogP contribution in [0.1, 0.15) is 15.9 Å². The second kappa shape index (κ2) is 8.87. The average molecular weight is 451 g/mol. The third kappa shape index (κ3) is 4.10. The van der Waals surface area contributed by atoms with E-state index in [2.05, 4.69) is 20.4 Å². The highest BCUT2D eigenvalue weighted by molar-refractivity contribution is 5.98. The first-order valence-corrected chi connectivity index (χ1v) is 10.3. The Balaban J connectivity index is 1.46. The van der Waals surface area contributed by atoms with Gasteiger partial charge in [-0.05, 0) is 42.3 Å². The minimum absolute atomic E-state index is 0.143. The quantitative estimate of drug-likeness (QED) is 0.462. The number of amides is 1. The van der Waals surface area contributed by atoms with Crippen LogP contribution in [-0.2, 0) is 11.2 Å². The van der Waals surface area contributed by atoms with Gasteiger partial charge in [-0.25, -0.2) is 8.78 Å². The molecule has 5 rings (SSSR count). The summed E-state index contributed by atoms with van der Waals surface area (Å²) in [5, 5.41) is 16.2. The maximum Gasteiger partial charge on any atom is 0.259 e. The van der Waals surface area contributed by atoms with Crippen LogP contribution in [0, 0.1) is 11.6 Å². The molecule has 1 atom stereocenters. The number of hydrogen-bond donors (Lipinski definition) is 0. The van der Waals surface area contributed by atoms with Crippen molar-refractivity contribution in [3.05, 3.63) is 83.9 Å². The monoisotopic (exact) mass is 451 g/mol. The summed E-state index contributed by atoms with van der Waals surface area (Å²) in [6, 6.07) is 8.33. The van der Waals surface area contributed by atoms with Gasteiger partial charge in [-0.1, -0.05) is 6.07 Å². The summed E-state index contributed by atoms with van der Waals surface area (Å²) in [7, 11) is 0. The lowest BCUT2D eigenvalue weighted by molar-refractivity contribution is -0.00209. The lowest BCUT2D eigenvalue weighted by Gasteiger charge is -2.36. The second-order valence-electron chi connectivity index (χ2n) is 7.48. The Bertz CT molecular complexity index is 1260. The highest BCUT2D eigenvalue weighted by Crippen LogP contribution is 2.24. The molecule has 2 aromatic heterocycles. The van der Waals surface area contributed by atoms with E-state index in [1.54, 1.807) is 18.2 Å². The van der Waals surface area contributed by atoms with Gasteiger partial charge in [0.05, 0.1) is 49.7 Å². The lowest BCUT2D eigenvalue weighted by atomic mass is 10.0. The van der Waals surface area contributed by atoms with Gasteiger partial charge in [-0.3, -0.25) is 4.79 Å². The van der Waals surface area contributed by atoms with Crippen LogP contribution in [0.5, 0.6) is 0 Å². The molecular formula is C22H19F2N7O2. The van der Waals surface area contributed by atoms with Crippen LogP contribution >= 0.6 is 0 Å². The first kappa shape index (κ1) is 20.9. The normalized spacial score (nSPS) is 16.2. The van der Waals surface area contributed by atoms with Gasteiger partial charge in [-0.15, -0.1) is 0 Å². The Labute approximate surface area is 187 Å². The molecule has 11 heteroatoms. The van der Waals surface area contributed by atoms with Crippen molar-refractivity contribution in [2.24, 2.45) is 0 Å². The molecule has 9 nitrogen and oxygen atoms in total. The van der Waals surface area contributed by atoms with Gasteiger partial charge in [0.25, 0.3) is 5.91 Å². The van der Waals surface area contributed by atoms with E-state index < -0.39 is 23.6 Å². The summed E-state index contributed by atoms with van der Waals surface area (Å²) in [5.41, 5.74) is 1.05. The molecule has 1 aliphatic rings. The van der Waals surface area contributed by atoms with Crippen molar-refractivity contribution in [2.75, 3.05) is 19.8 Å². The third-order valence-electron chi connectivity index (χ3n) is 5.46. The number of benzene rings is 2. The van der Waals surface area contributed by atoms with E-state index in [-0.39, 0.29) is 30.8 Å². The fourth-order valence-electron chi connectivity index (χ4n) is 3.91. The molecule has 1 fully saturated rings. The topological polar surface area (TPSA) is 91.0 Å². The Morgan fingerprint density at radius 3 is 2.45 bits per heavy atom. The molecule has 1 amide bonds. The molecule has 0 radical (unpaired) electrons. The van der Waals surface area contributed by atoms with Crippen LogP contribution in [0.25, 0.3) is 11.4 Å². The Morgan fingerprint density at radius 1 is 0.970 bits per heavy atom. The van der Waals surface area contributed by atoms with Crippen LogP contribution in [0.2, 0.25) is 0 Å². The van der Waals surface area contributed by atoms with Gasteiger partial charge in [0.1, 0.15) is 22.9 Å². The van der Waals surface area contributed by atoms with Crippen LogP contribution in [0.15, 0.2) is 61.2 Å². The molecule has 2 aromatic carbocycles. The number of carbonyl (C=O) groups excluding carboxylic acids is 1. The number of nitrogens with zero attached hydrogens (tertiary/aromatic N) is 7. The molecule has 0 bridgehead atoms. The predicted octanol–water partition coefficient (Wildman–Crippen LogP) is 2.21. The molecule has 4 aromatic rings. The van der Waals surface area contributed by atoms with Gasteiger partial charge < -0.3 is 9.64 Å². The Hall–Kier alpha value is -3.99.